The monoisotopic (exact) mass is 504 g/mol. The molecule has 0 atom stereocenters. The van der Waals surface area contributed by atoms with Gasteiger partial charge in [-0.25, -0.2) is 9.97 Å². The van der Waals surface area contributed by atoms with E-state index in [-0.39, 0.29) is 28.2 Å². The van der Waals surface area contributed by atoms with E-state index in [4.69, 9.17) is 17.3 Å². The Hall–Kier alpha value is -3.64. The van der Waals surface area contributed by atoms with Crippen molar-refractivity contribution in [3.63, 3.8) is 0 Å². The molecule has 4 heterocycles. The molecule has 0 aliphatic carbocycles. The number of carbonyl (C=O) groups excluding carboxylic acids is 1. The normalized spacial score (nSPS) is 15.1. The second-order valence-electron chi connectivity index (χ2n) is 8.21. The van der Waals surface area contributed by atoms with Crippen molar-refractivity contribution in [1.29, 1.82) is 0 Å². The first kappa shape index (κ1) is 23.1. The summed E-state index contributed by atoms with van der Waals surface area (Å²) in [6.07, 6.45) is 2.31. The van der Waals surface area contributed by atoms with E-state index in [0.717, 1.165) is 12.8 Å². The molecule has 182 valence electrons. The molecule has 1 aliphatic heterocycles. The van der Waals surface area contributed by atoms with E-state index in [1.165, 1.54) is 29.2 Å². The molecule has 0 saturated carbocycles. The number of alkyl halides is 3. The van der Waals surface area contributed by atoms with E-state index in [0.29, 0.717) is 35.8 Å². The quantitative estimate of drug-likeness (QED) is 0.385. The molecule has 3 aromatic heterocycles. The van der Waals surface area contributed by atoms with Crippen LogP contribution in [-0.4, -0.2) is 54.5 Å². The number of aromatic nitrogens is 5. The number of aromatic amines is 1. The van der Waals surface area contributed by atoms with Gasteiger partial charge in [0.05, 0.1) is 28.0 Å². The number of nitrogens with one attached hydrogen (secondary N) is 2. The van der Waals surface area contributed by atoms with Gasteiger partial charge in [-0.3, -0.25) is 14.3 Å². The summed E-state index contributed by atoms with van der Waals surface area (Å²) in [7, 11) is 0. The summed E-state index contributed by atoms with van der Waals surface area (Å²) in [4.78, 5) is 23.1. The molecule has 1 aromatic carbocycles. The maximum atomic E-state index is 13.3. The van der Waals surface area contributed by atoms with Crippen molar-refractivity contribution in [2.75, 3.05) is 18.4 Å². The summed E-state index contributed by atoms with van der Waals surface area (Å²) in [6, 6.07) is 5.01. The summed E-state index contributed by atoms with van der Waals surface area (Å²) < 4.78 is 41.4. The van der Waals surface area contributed by atoms with Gasteiger partial charge in [0.1, 0.15) is 0 Å². The number of hydrogen-bond donors (Lipinski definition) is 3. The van der Waals surface area contributed by atoms with Gasteiger partial charge in [-0.15, -0.1) is 0 Å². The molecule has 0 radical (unpaired) electrons. The summed E-state index contributed by atoms with van der Waals surface area (Å²) in [5.74, 6) is 0.142. The number of anilines is 2. The van der Waals surface area contributed by atoms with Crippen LogP contribution < -0.4 is 11.1 Å². The first-order valence-electron chi connectivity index (χ1n) is 10.8. The molecule has 13 heteroatoms. The lowest BCUT2D eigenvalue weighted by Gasteiger charge is -2.30. The average molecular weight is 505 g/mol. The fourth-order valence-corrected chi connectivity index (χ4v) is 4.35. The van der Waals surface area contributed by atoms with Gasteiger partial charge in [0.25, 0.3) is 5.91 Å². The number of carbonyl (C=O) groups is 1. The number of H-pyrrole nitrogens is 1. The first-order valence-corrected chi connectivity index (χ1v) is 11.1. The number of amides is 1. The molecule has 1 fully saturated rings. The van der Waals surface area contributed by atoms with Crippen LogP contribution >= 0.6 is 11.6 Å². The van der Waals surface area contributed by atoms with Gasteiger partial charge in [0, 0.05) is 43.4 Å². The highest BCUT2D eigenvalue weighted by Gasteiger charge is 2.37. The number of imidazole rings is 1. The average Bonchev–Trinajstić information content (AvgIpc) is 3.47. The number of benzene rings is 1. The van der Waals surface area contributed by atoms with E-state index < -0.39 is 11.9 Å². The maximum Gasteiger partial charge on any atom is 0.435 e. The summed E-state index contributed by atoms with van der Waals surface area (Å²) in [5, 5.41) is 8.94. The smallest absolute Gasteiger partial charge is 0.338 e. The molecule has 1 aliphatic rings. The van der Waals surface area contributed by atoms with Gasteiger partial charge in [-0.05, 0) is 31.0 Å². The van der Waals surface area contributed by atoms with E-state index in [2.05, 4.69) is 25.5 Å². The third-order valence-electron chi connectivity index (χ3n) is 5.90. The van der Waals surface area contributed by atoms with Gasteiger partial charge in [-0.1, -0.05) is 11.6 Å². The number of hydrogen-bond acceptors (Lipinski definition) is 6. The Labute approximate surface area is 202 Å². The lowest BCUT2D eigenvalue weighted by atomic mass is 10.0. The number of piperidine rings is 1. The van der Waals surface area contributed by atoms with Crippen molar-refractivity contribution in [3.8, 4) is 11.3 Å². The predicted molar refractivity (Wildman–Crippen MR) is 123 cm³/mol. The number of fused-ring (bicyclic) bond motifs is 1. The predicted octanol–water partition coefficient (Wildman–Crippen LogP) is 4.10. The Balaban J connectivity index is 1.41. The van der Waals surface area contributed by atoms with Crippen molar-refractivity contribution in [2.24, 2.45) is 5.73 Å². The van der Waals surface area contributed by atoms with Crippen molar-refractivity contribution in [1.82, 2.24) is 29.5 Å². The Morgan fingerprint density at radius 2 is 2.00 bits per heavy atom. The summed E-state index contributed by atoms with van der Waals surface area (Å²) in [6.45, 7) is 1.16. The van der Waals surface area contributed by atoms with E-state index in [1.807, 2.05) is 0 Å². The van der Waals surface area contributed by atoms with Gasteiger partial charge in [-0.2, -0.15) is 18.3 Å². The SMILES string of the molecule is NC1CCN(C(=O)c2ccc(Nc3nccn4c(-c5c[nH]nc5C(F)(F)F)cnc34)cc2Cl)CC1. The Kier molecular flexibility index (Phi) is 5.85. The van der Waals surface area contributed by atoms with Gasteiger partial charge < -0.3 is 16.0 Å². The number of halogens is 4. The second kappa shape index (κ2) is 8.86. The number of rotatable bonds is 4. The van der Waals surface area contributed by atoms with Gasteiger partial charge in [0.15, 0.2) is 17.2 Å². The van der Waals surface area contributed by atoms with Crippen LogP contribution in [0.2, 0.25) is 5.02 Å². The Morgan fingerprint density at radius 3 is 2.71 bits per heavy atom. The largest absolute Gasteiger partial charge is 0.435 e. The van der Waals surface area contributed by atoms with Gasteiger partial charge in [0.2, 0.25) is 0 Å². The van der Waals surface area contributed by atoms with Crippen LogP contribution in [0.3, 0.4) is 0 Å². The molecule has 4 aromatic rings. The Bertz CT molecular complexity index is 1390. The molecule has 4 N–H and O–H groups in total. The van der Waals surface area contributed by atoms with Crippen molar-refractivity contribution in [3.05, 3.63) is 59.3 Å². The number of nitrogens with two attached hydrogens (primary N) is 1. The number of nitrogens with zero attached hydrogens (tertiary/aromatic N) is 5. The standard InChI is InChI=1S/C22H20ClF3N8O/c23-16-9-13(1-2-14(16)21(35)33-6-3-12(27)4-7-33)31-19-20-29-11-17(34(20)8-5-28-19)15-10-30-32-18(15)22(24,25)26/h1-2,5,8-12H,3-4,6-7,27H2,(H,28,31)(H,30,32). The fourth-order valence-electron chi connectivity index (χ4n) is 4.08. The topological polar surface area (TPSA) is 117 Å². The summed E-state index contributed by atoms with van der Waals surface area (Å²) in [5.41, 5.74) is 6.17. The lowest BCUT2D eigenvalue weighted by Crippen LogP contribution is -2.42. The molecule has 0 spiro atoms. The molecular formula is C22H20ClF3N8O. The summed E-state index contributed by atoms with van der Waals surface area (Å²) >= 11 is 6.42. The Morgan fingerprint density at radius 1 is 1.23 bits per heavy atom. The molecule has 1 saturated heterocycles. The third-order valence-corrected chi connectivity index (χ3v) is 6.21. The highest BCUT2D eigenvalue weighted by molar-refractivity contribution is 6.34. The fraction of sp³-hybridized carbons (Fsp3) is 0.273. The molecule has 35 heavy (non-hydrogen) atoms. The van der Waals surface area contributed by atoms with Crippen molar-refractivity contribution in [2.45, 2.75) is 25.1 Å². The molecular weight excluding hydrogens is 485 g/mol. The van der Waals surface area contributed by atoms with Crippen LogP contribution in [0.15, 0.2) is 43.0 Å². The van der Waals surface area contributed by atoms with Crippen LogP contribution in [0.4, 0.5) is 24.7 Å². The minimum absolute atomic E-state index is 0.105. The molecule has 5 rings (SSSR count). The zero-order chi connectivity index (χ0) is 24.7. The van der Waals surface area contributed by atoms with E-state index in [9.17, 15) is 18.0 Å². The minimum Gasteiger partial charge on any atom is -0.338 e. The highest BCUT2D eigenvalue weighted by Crippen LogP contribution is 2.36. The molecule has 1 amide bonds. The zero-order valence-electron chi connectivity index (χ0n) is 18.2. The zero-order valence-corrected chi connectivity index (χ0v) is 18.9. The van der Waals surface area contributed by atoms with Crippen molar-refractivity contribution < 1.29 is 18.0 Å². The molecule has 0 unspecified atom stereocenters. The van der Waals surface area contributed by atoms with E-state index >= 15 is 0 Å². The van der Waals surface area contributed by atoms with Crippen LogP contribution in [0.25, 0.3) is 16.9 Å². The maximum absolute atomic E-state index is 13.3. The second-order valence-corrected chi connectivity index (χ2v) is 8.61. The van der Waals surface area contributed by atoms with Crippen LogP contribution in [0, 0.1) is 0 Å². The molecule has 9 nitrogen and oxygen atoms in total. The van der Waals surface area contributed by atoms with Crippen LogP contribution in [0.5, 0.6) is 0 Å². The van der Waals surface area contributed by atoms with Crippen molar-refractivity contribution >= 4 is 34.7 Å². The first-order chi connectivity index (χ1) is 16.7. The van der Waals surface area contributed by atoms with Crippen LogP contribution in [-0.2, 0) is 6.18 Å². The lowest BCUT2D eigenvalue weighted by molar-refractivity contribution is -0.140. The van der Waals surface area contributed by atoms with E-state index in [1.54, 1.807) is 23.1 Å². The number of likely N-dealkylation sites (tertiary alicyclic amines) is 1. The van der Waals surface area contributed by atoms with Crippen LogP contribution in [0.1, 0.15) is 28.9 Å². The minimum atomic E-state index is -4.62. The molecule has 0 bridgehead atoms. The third kappa shape index (κ3) is 4.42. The van der Waals surface area contributed by atoms with Gasteiger partial charge >= 0.3 is 6.18 Å². The highest BCUT2D eigenvalue weighted by atomic mass is 35.5.